The van der Waals surface area contributed by atoms with E-state index in [9.17, 15) is 9.59 Å². The molecule has 4 heterocycles. The van der Waals surface area contributed by atoms with Crippen LogP contribution in [-0.4, -0.2) is 46.1 Å². The Balaban J connectivity index is 1.54. The number of thiophene rings is 1. The summed E-state index contributed by atoms with van der Waals surface area (Å²) in [5.74, 6) is 0.147. The molecule has 4 rings (SSSR count). The number of carbonyl (C=O) groups is 2. The first-order chi connectivity index (χ1) is 11.6. The summed E-state index contributed by atoms with van der Waals surface area (Å²) in [5.41, 5.74) is 1.16. The van der Waals surface area contributed by atoms with Crippen molar-refractivity contribution in [2.45, 2.75) is 19.3 Å². The molecule has 6 nitrogen and oxygen atoms in total. The minimum Gasteiger partial charge on any atom is -0.337 e. The molecule has 2 amide bonds. The number of likely N-dealkylation sites (tertiary alicyclic amines) is 1. The van der Waals surface area contributed by atoms with Crippen LogP contribution in [-0.2, 0) is 11.8 Å². The second-order valence-electron chi connectivity index (χ2n) is 6.70. The standard InChI is InChI=1S/C17H20N4O2S/c1-19-10-13(9-18-19)15(22)20-6-2-4-17(12-20)5-7-21(16(17)23)14-3-8-24-11-14/h3,8-11H,2,4-7,12H2,1H3. The van der Waals surface area contributed by atoms with Gasteiger partial charge in [0.05, 0.1) is 22.9 Å². The van der Waals surface area contributed by atoms with E-state index < -0.39 is 5.41 Å². The van der Waals surface area contributed by atoms with Gasteiger partial charge in [0.1, 0.15) is 0 Å². The number of hydrogen-bond donors (Lipinski definition) is 0. The molecule has 7 heteroatoms. The average molecular weight is 344 g/mol. The Kier molecular flexibility index (Phi) is 3.68. The van der Waals surface area contributed by atoms with Crippen molar-refractivity contribution in [1.29, 1.82) is 0 Å². The molecule has 0 aromatic carbocycles. The summed E-state index contributed by atoms with van der Waals surface area (Å²) in [7, 11) is 1.80. The second kappa shape index (κ2) is 5.73. The summed E-state index contributed by atoms with van der Waals surface area (Å²) in [6, 6.07) is 1.99. The lowest BCUT2D eigenvalue weighted by Gasteiger charge is -2.38. The van der Waals surface area contributed by atoms with Crippen molar-refractivity contribution in [3.8, 4) is 0 Å². The largest absolute Gasteiger partial charge is 0.337 e. The van der Waals surface area contributed by atoms with Crippen LogP contribution in [0.25, 0.3) is 0 Å². The third kappa shape index (κ3) is 2.43. The van der Waals surface area contributed by atoms with Gasteiger partial charge >= 0.3 is 0 Å². The summed E-state index contributed by atoms with van der Waals surface area (Å²) < 4.78 is 1.63. The van der Waals surface area contributed by atoms with Crippen LogP contribution in [0.1, 0.15) is 29.6 Å². The van der Waals surface area contributed by atoms with Crippen LogP contribution in [0.5, 0.6) is 0 Å². The molecule has 1 unspecified atom stereocenters. The van der Waals surface area contributed by atoms with Crippen LogP contribution in [0.4, 0.5) is 5.69 Å². The van der Waals surface area contributed by atoms with Crippen LogP contribution in [0.2, 0.25) is 0 Å². The highest BCUT2D eigenvalue weighted by atomic mass is 32.1. The van der Waals surface area contributed by atoms with Gasteiger partial charge in [0.15, 0.2) is 0 Å². The van der Waals surface area contributed by atoms with Gasteiger partial charge < -0.3 is 9.80 Å². The first-order valence-electron chi connectivity index (χ1n) is 8.21. The molecule has 2 aromatic rings. The van der Waals surface area contributed by atoms with E-state index in [1.165, 1.54) is 0 Å². The smallest absolute Gasteiger partial charge is 0.257 e. The normalized spacial score (nSPS) is 24.1. The number of aryl methyl sites for hydroxylation is 1. The van der Waals surface area contributed by atoms with Crippen LogP contribution >= 0.6 is 11.3 Å². The minimum atomic E-state index is -0.419. The number of carbonyl (C=O) groups excluding carboxylic acids is 2. The molecule has 2 aliphatic rings. The SMILES string of the molecule is Cn1cc(C(=O)N2CCCC3(CCN(c4ccsc4)C3=O)C2)cn1. The van der Waals surface area contributed by atoms with E-state index in [-0.39, 0.29) is 11.8 Å². The zero-order chi connectivity index (χ0) is 16.7. The van der Waals surface area contributed by atoms with Crippen LogP contribution < -0.4 is 4.90 Å². The number of rotatable bonds is 2. The van der Waals surface area contributed by atoms with Gasteiger partial charge in [0.25, 0.3) is 5.91 Å². The number of aromatic nitrogens is 2. The summed E-state index contributed by atoms with van der Waals surface area (Å²) >= 11 is 1.60. The maximum atomic E-state index is 13.1. The monoisotopic (exact) mass is 344 g/mol. The van der Waals surface area contributed by atoms with Crippen LogP contribution in [0.15, 0.2) is 29.2 Å². The first-order valence-corrected chi connectivity index (χ1v) is 9.15. The lowest BCUT2D eigenvalue weighted by molar-refractivity contribution is -0.127. The average Bonchev–Trinajstić information content (AvgIpc) is 3.31. The van der Waals surface area contributed by atoms with Crippen LogP contribution in [0, 0.1) is 5.41 Å². The number of anilines is 1. The molecule has 1 spiro atoms. The van der Waals surface area contributed by atoms with Gasteiger partial charge in [-0.3, -0.25) is 14.3 Å². The molecular weight excluding hydrogens is 324 g/mol. The van der Waals surface area contributed by atoms with Crippen LogP contribution in [0.3, 0.4) is 0 Å². The Morgan fingerprint density at radius 3 is 2.92 bits per heavy atom. The predicted molar refractivity (Wildman–Crippen MR) is 92.1 cm³/mol. The summed E-state index contributed by atoms with van der Waals surface area (Å²) in [4.78, 5) is 29.5. The van der Waals surface area contributed by atoms with Gasteiger partial charge in [-0.1, -0.05) is 0 Å². The topological polar surface area (TPSA) is 58.4 Å². The van der Waals surface area contributed by atoms with Crippen molar-refractivity contribution in [1.82, 2.24) is 14.7 Å². The Morgan fingerprint density at radius 2 is 2.21 bits per heavy atom. The summed E-state index contributed by atoms with van der Waals surface area (Å²) in [6.45, 7) is 1.96. The van der Waals surface area contributed by atoms with E-state index in [1.807, 2.05) is 26.6 Å². The molecular formula is C17H20N4O2S. The highest BCUT2D eigenvalue weighted by molar-refractivity contribution is 7.08. The molecule has 126 valence electrons. The molecule has 2 aromatic heterocycles. The molecule has 24 heavy (non-hydrogen) atoms. The van der Waals surface area contributed by atoms with Crippen molar-refractivity contribution in [2.75, 3.05) is 24.5 Å². The minimum absolute atomic E-state index is 0.0241. The molecule has 0 aliphatic carbocycles. The Bertz CT molecular complexity index is 769. The maximum Gasteiger partial charge on any atom is 0.257 e. The van der Waals surface area contributed by atoms with Gasteiger partial charge in [0, 0.05) is 38.3 Å². The van der Waals surface area contributed by atoms with E-state index in [4.69, 9.17) is 0 Å². The fraction of sp³-hybridized carbons (Fsp3) is 0.471. The van der Waals surface area contributed by atoms with Gasteiger partial charge in [-0.2, -0.15) is 16.4 Å². The Labute approximate surface area is 144 Å². The number of hydrogen-bond acceptors (Lipinski definition) is 4. The molecule has 2 aliphatic heterocycles. The van der Waals surface area contributed by atoms with E-state index in [2.05, 4.69) is 5.10 Å². The van der Waals surface area contributed by atoms with E-state index in [0.29, 0.717) is 18.7 Å². The molecule has 0 radical (unpaired) electrons. The molecule has 0 saturated carbocycles. The fourth-order valence-corrected chi connectivity index (χ4v) is 4.52. The zero-order valence-electron chi connectivity index (χ0n) is 13.6. The maximum absolute atomic E-state index is 13.1. The highest BCUT2D eigenvalue weighted by Gasteiger charge is 2.50. The number of piperidine rings is 1. The fourth-order valence-electron chi connectivity index (χ4n) is 3.88. The van der Waals surface area contributed by atoms with E-state index in [1.54, 1.807) is 35.5 Å². The molecule has 0 N–H and O–H groups in total. The van der Waals surface area contributed by atoms with Crippen molar-refractivity contribution >= 4 is 28.8 Å². The lowest BCUT2D eigenvalue weighted by atomic mass is 9.78. The number of nitrogens with zero attached hydrogens (tertiary/aromatic N) is 4. The molecule has 1 atom stereocenters. The van der Waals surface area contributed by atoms with Gasteiger partial charge in [0.2, 0.25) is 5.91 Å². The van der Waals surface area contributed by atoms with Gasteiger partial charge in [-0.25, -0.2) is 0 Å². The quantitative estimate of drug-likeness (QED) is 0.839. The number of amides is 2. The van der Waals surface area contributed by atoms with E-state index in [0.717, 1.165) is 31.5 Å². The predicted octanol–water partition coefficient (Wildman–Crippen LogP) is 2.14. The highest BCUT2D eigenvalue weighted by Crippen LogP contribution is 2.42. The molecule has 2 saturated heterocycles. The van der Waals surface area contributed by atoms with Crippen molar-refractivity contribution < 1.29 is 9.59 Å². The van der Waals surface area contributed by atoms with Crippen molar-refractivity contribution in [3.63, 3.8) is 0 Å². The molecule has 0 bridgehead atoms. The van der Waals surface area contributed by atoms with Crippen molar-refractivity contribution in [3.05, 3.63) is 34.8 Å². The molecule has 2 fully saturated rings. The summed E-state index contributed by atoms with van der Waals surface area (Å²) in [5, 5.41) is 8.08. The van der Waals surface area contributed by atoms with Gasteiger partial charge in [-0.15, -0.1) is 0 Å². The summed E-state index contributed by atoms with van der Waals surface area (Å²) in [6.07, 6.45) is 5.88. The van der Waals surface area contributed by atoms with Crippen molar-refractivity contribution in [2.24, 2.45) is 12.5 Å². The third-order valence-corrected chi connectivity index (χ3v) is 5.82. The Morgan fingerprint density at radius 1 is 1.33 bits per heavy atom. The lowest BCUT2D eigenvalue weighted by Crippen LogP contribution is -2.49. The second-order valence-corrected chi connectivity index (χ2v) is 7.48. The zero-order valence-corrected chi connectivity index (χ0v) is 14.5. The Hall–Kier alpha value is -2.15. The van der Waals surface area contributed by atoms with E-state index >= 15 is 0 Å². The van der Waals surface area contributed by atoms with Gasteiger partial charge in [-0.05, 0) is 30.7 Å². The first kappa shape index (κ1) is 15.4. The third-order valence-electron chi connectivity index (χ3n) is 5.15.